The Hall–Kier alpha value is -1.22. The molecule has 2 atom stereocenters. The van der Waals surface area contributed by atoms with Gasteiger partial charge in [-0.05, 0) is 31.7 Å². The van der Waals surface area contributed by atoms with Gasteiger partial charge in [0.1, 0.15) is 0 Å². The van der Waals surface area contributed by atoms with Crippen LogP contribution in [0.1, 0.15) is 25.3 Å². The van der Waals surface area contributed by atoms with Gasteiger partial charge in [-0.25, -0.2) is 8.42 Å². The Balaban J connectivity index is 2.49. The molecule has 0 spiro atoms. The minimum Gasteiger partial charge on any atom is -0.329 e. The van der Waals surface area contributed by atoms with E-state index in [-0.39, 0.29) is 33.8 Å². The summed E-state index contributed by atoms with van der Waals surface area (Å²) in [4.78, 5) is 10.3. The smallest absolute Gasteiger partial charge is 0.275 e. The molecule has 0 aromatic heterocycles. The lowest BCUT2D eigenvalue weighted by Crippen LogP contribution is -2.49. The zero-order valence-electron chi connectivity index (χ0n) is 13.0. The van der Waals surface area contributed by atoms with Crippen molar-refractivity contribution < 1.29 is 13.3 Å². The van der Waals surface area contributed by atoms with E-state index in [2.05, 4.69) is 6.92 Å². The van der Waals surface area contributed by atoms with Gasteiger partial charge in [-0.1, -0.05) is 18.5 Å². The second kappa shape index (κ2) is 6.72. The Labute approximate surface area is 140 Å². The normalized spacial score (nSPS) is 23.0. The Bertz CT molecular complexity index is 723. The molecule has 0 aliphatic carbocycles. The molecule has 23 heavy (non-hydrogen) atoms. The molecule has 0 bridgehead atoms. The Morgan fingerprint density at radius 2 is 2.13 bits per heavy atom. The van der Waals surface area contributed by atoms with Crippen LogP contribution in [0.3, 0.4) is 0 Å². The highest BCUT2D eigenvalue weighted by atomic mass is 35.5. The summed E-state index contributed by atoms with van der Waals surface area (Å²) in [6.07, 6.45) is 1.41. The van der Waals surface area contributed by atoms with Gasteiger partial charge in [0.2, 0.25) is 10.0 Å². The predicted molar refractivity (Wildman–Crippen MR) is 88.0 cm³/mol. The van der Waals surface area contributed by atoms with Gasteiger partial charge in [0.05, 0.1) is 14.8 Å². The van der Waals surface area contributed by atoms with E-state index in [1.807, 2.05) is 0 Å². The van der Waals surface area contributed by atoms with Crippen molar-refractivity contribution in [1.29, 1.82) is 0 Å². The lowest BCUT2D eigenvalue weighted by molar-refractivity contribution is -0.385. The van der Waals surface area contributed by atoms with Crippen molar-refractivity contribution in [2.45, 2.75) is 37.6 Å². The fraction of sp³-hybridized carbons (Fsp3) is 0.571. The molecule has 1 heterocycles. The van der Waals surface area contributed by atoms with Crippen molar-refractivity contribution in [1.82, 2.24) is 4.31 Å². The van der Waals surface area contributed by atoms with Crippen LogP contribution in [0.4, 0.5) is 5.69 Å². The first-order chi connectivity index (χ1) is 10.7. The molecule has 2 N–H and O–H groups in total. The number of nitro benzene ring substituents is 1. The van der Waals surface area contributed by atoms with E-state index >= 15 is 0 Å². The summed E-state index contributed by atoms with van der Waals surface area (Å²) in [5.74, 6) is 0.394. The third kappa shape index (κ3) is 3.50. The van der Waals surface area contributed by atoms with Crippen LogP contribution in [-0.4, -0.2) is 36.8 Å². The lowest BCUT2D eigenvalue weighted by atomic mass is 9.94. The van der Waals surface area contributed by atoms with E-state index in [1.54, 1.807) is 0 Å². The topological polar surface area (TPSA) is 107 Å². The largest absolute Gasteiger partial charge is 0.329 e. The van der Waals surface area contributed by atoms with Gasteiger partial charge >= 0.3 is 0 Å². The molecule has 128 valence electrons. The zero-order valence-corrected chi connectivity index (χ0v) is 14.6. The van der Waals surface area contributed by atoms with Gasteiger partial charge in [0.25, 0.3) is 5.69 Å². The fourth-order valence-electron chi connectivity index (χ4n) is 2.87. The SMILES string of the molecule is Cc1c(Cl)cc(S(=O)(=O)N2CCC(C)CC2CN)cc1[N+](=O)[O-]. The molecule has 0 amide bonds. The number of piperidine rings is 1. The molecular formula is C14H20ClN3O4S. The van der Waals surface area contributed by atoms with Gasteiger partial charge < -0.3 is 5.73 Å². The molecule has 2 rings (SSSR count). The van der Waals surface area contributed by atoms with E-state index in [4.69, 9.17) is 17.3 Å². The maximum absolute atomic E-state index is 12.9. The molecule has 1 aliphatic heterocycles. The summed E-state index contributed by atoms with van der Waals surface area (Å²) in [5.41, 5.74) is 5.67. The highest BCUT2D eigenvalue weighted by molar-refractivity contribution is 7.89. The van der Waals surface area contributed by atoms with Gasteiger partial charge in [0.15, 0.2) is 0 Å². The standard InChI is InChI=1S/C14H20ClN3O4S/c1-9-3-4-17(11(5-9)8-16)23(21,22)12-6-13(15)10(2)14(7-12)18(19)20/h6-7,9,11H,3-5,8,16H2,1-2H3. The first-order valence-corrected chi connectivity index (χ1v) is 9.16. The monoisotopic (exact) mass is 361 g/mol. The third-order valence-corrected chi connectivity index (χ3v) is 6.61. The van der Waals surface area contributed by atoms with Crippen LogP contribution in [0.5, 0.6) is 0 Å². The molecule has 1 aromatic rings. The Morgan fingerprint density at radius 3 is 2.70 bits per heavy atom. The van der Waals surface area contributed by atoms with Crippen LogP contribution < -0.4 is 5.73 Å². The van der Waals surface area contributed by atoms with Crippen molar-refractivity contribution in [3.8, 4) is 0 Å². The number of benzene rings is 1. The van der Waals surface area contributed by atoms with E-state index in [0.29, 0.717) is 18.9 Å². The second-order valence-corrected chi connectivity index (χ2v) is 8.24. The van der Waals surface area contributed by atoms with Crippen LogP contribution in [0.25, 0.3) is 0 Å². The van der Waals surface area contributed by atoms with Crippen LogP contribution in [0.2, 0.25) is 5.02 Å². The first-order valence-electron chi connectivity index (χ1n) is 7.35. The van der Waals surface area contributed by atoms with E-state index in [9.17, 15) is 18.5 Å². The predicted octanol–water partition coefficient (Wildman–Crippen LogP) is 2.30. The van der Waals surface area contributed by atoms with Gasteiger partial charge in [0, 0.05) is 30.8 Å². The van der Waals surface area contributed by atoms with Crippen LogP contribution in [-0.2, 0) is 10.0 Å². The minimum absolute atomic E-state index is 0.0625. The van der Waals surface area contributed by atoms with E-state index < -0.39 is 14.9 Å². The second-order valence-electron chi connectivity index (χ2n) is 5.94. The van der Waals surface area contributed by atoms with Crippen molar-refractivity contribution >= 4 is 27.3 Å². The Kier molecular flexibility index (Phi) is 5.30. The molecule has 9 heteroatoms. The van der Waals surface area contributed by atoms with Crippen molar-refractivity contribution in [2.24, 2.45) is 11.7 Å². The molecule has 1 saturated heterocycles. The number of hydrogen-bond donors (Lipinski definition) is 1. The quantitative estimate of drug-likeness (QED) is 0.654. The first kappa shape index (κ1) is 18.1. The third-order valence-electron chi connectivity index (χ3n) is 4.29. The maximum atomic E-state index is 12.9. The number of halogens is 1. The average molecular weight is 362 g/mol. The van der Waals surface area contributed by atoms with E-state index in [0.717, 1.165) is 12.5 Å². The molecule has 0 radical (unpaired) electrons. The highest BCUT2D eigenvalue weighted by Crippen LogP contribution is 2.33. The Morgan fingerprint density at radius 1 is 1.48 bits per heavy atom. The molecule has 1 fully saturated rings. The zero-order chi connectivity index (χ0) is 17.4. The van der Waals surface area contributed by atoms with Gasteiger partial charge in [-0.15, -0.1) is 0 Å². The number of hydrogen-bond acceptors (Lipinski definition) is 5. The van der Waals surface area contributed by atoms with Crippen LogP contribution in [0, 0.1) is 23.0 Å². The van der Waals surface area contributed by atoms with Crippen LogP contribution >= 0.6 is 11.6 Å². The molecule has 1 aliphatic rings. The number of nitro groups is 1. The summed E-state index contributed by atoms with van der Waals surface area (Å²) in [6, 6.07) is 2.04. The van der Waals surface area contributed by atoms with Crippen molar-refractivity contribution in [3.05, 3.63) is 32.8 Å². The van der Waals surface area contributed by atoms with Crippen molar-refractivity contribution in [3.63, 3.8) is 0 Å². The number of nitrogens with zero attached hydrogens (tertiary/aromatic N) is 2. The molecule has 7 nitrogen and oxygen atoms in total. The van der Waals surface area contributed by atoms with E-state index in [1.165, 1.54) is 17.3 Å². The summed E-state index contributed by atoms with van der Waals surface area (Å²) >= 11 is 5.99. The lowest BCUT2D eigenvalue weighted by Gasteiger charge is -2.36. The average Bonchev–Trinajstić information content (AvgIpc) is 2.48. The number of rotatable bonds is 4. The molecular weight excluding hydrogens is 342 g/mol. The number of sulfonamides is 1. The van der Waals surface area contributed by atoms with Gasteiger partial charge in [-0.2, -0.15) is 4.31 Å². The molecule has 1 aromatic carbocycles. The molecule has 0 saturated carbocycles. The number of nitrogens with two attached hydrogens (primary N) is 1. The van der Waals surface area contributed by atoms with Crippen molar-refractivity contribution in [2.75, 3.05) is 13.1 Å². The summed E-state index contributed by atoms with van der Waals surface area (Å²) in [6.45, 7) is 4.11. The maximum Gasteiger partial charge on any atom is 0.275 e. The fourth-order valence-corrected chi connectivity index (χ4v) is 4.86. The minimum atomic E-state index is -3.88. The summed E-state index contributed by atoms with van der Waals surface area (Å²) in [5, 5.41) is 11.2. The van der Waals surface area contributed by atoms with Gasteiger partial charge in [-0.3, -0.25) is 10.1 Å². The summed E-state index contributed by atoms with van der Waals surface area (Å²) < 4.78 is 27.1. The highest BCUT2D eigenvalue weighted by Gasteiger charge is 2.36. The van der Waals surface area contributed by atoms with Crippen LogP contribution in [0.15, 0.2) is 17.0 Å². The summed E-state index contributed by atoms with van der Waals surface area (Å²) in [7, 11) is -3.88. The molecule has 2 unspecified atom stereocenters.